The molecule has 0 aliphatic heterocycles. The Hall–Kier alpha value is -2.63. The van der Waals surface area contributed by atoms with Crippen LogP contribution in [0.2, 0.25) is 0 Å². The van der Waals surface area contributed by atoms with Gasteiger partial charge < -0.3 is 9.30 Å². The highest BCUT2D eigenvalue weighted by Gasteiger charge is 2.11. The monoisotopic (exact) mass is 269 g/mol. The normalized spacial score (nSPS) is 10.7. The zero-order valence-corrected chi connectivity index (χ0v) is 11.4. The first-order valence-corrected chi connectivity index (χ1v) is 6.27. The van der Waals surface area contributed by atoms with Crippen LogP contribution in [0.15, 0.2) is 43.2 Å². The number of methoxy groups -OCH3 is 1. The quantitative estimate of drug-likeness (QED) is 0.725. The van der Waals surface area contributed by atoms with Crippen molar-refractivity contribution in [3.8, 4) is 11.4 Å². The van der Waals surface area contributed by atoms with Gasteiger partial charge in [-0.1, -0.05) is 6.07 Å². The molecule has 0 atom stereocenters. The molecule has 0 spiro atoms. The summed E-state index contributed by atoms with van der Waals surface area (Å²) in [6.07, 6.45) is 7.09. The lowest BCUT2D eigenvalue weighted by Crippen LogP contribution is -2.07. The zero-order chi connectivity index (χ0) is 13.9. The van der Waals surface area contributed by atoms with Gasteiger partial charge in [0.15, 0.2) is 5.82 Å². The van der Waals surface area contributed by atoms with E-state index in [1.54, 1.807) is 26.0 Å². The molecule has 0 amide bonds. The van der Waals surface area contributed by atoms with E-state index in [1.165, 1.54) is 0 Å². The van der Waals surface area contributed by atoms with Crippen molar-refractivity contribution >= 4 is 0 Å². The molecule has 0 aliphatic carbocycles. The van der Waals surface area contributed by atoms with Gasteiger partial charge in [-0.2, -0.15) is 0 Å². The van der Waals surface area contributed by atoms with Crippen LogP contribution >= 0.6 is 0 Å². The van der Waals surface area contributed by atoms with Crippen LogP contribution in [0.1, 0.15) is 11.4 Å². The molecule has 0 radical (unpaired) electrons. The Morgan fingerprint density at radius 3 is 2.90 bits per heavy atom. The van der Waals surface area contributed by atoms with Crippen molar-refractivity contribution in [3.05, 3.63) is 54.6 Å². The fraction of sp³-hybridized carbons (Fsp3) is 0.214. The molecule has 0 aliphatic rings. The highest BCUT2D eigenvalue weighted by molar-refractivity contribution is 5.49. The van der Waals surface area contributed by atoms with E-state index < -0.39 is 0 Å². The van der Waals surface area contributed by atoms with Crippen molar-refractivity contribution in [2.75, 3.05) is 7.11 Å². The van der Waals surface area contributed by atoms with E-state index in [2.05, 4.69) is 21.2 Å². The summed E-state index contributed by atoms with van der Waals surface area (Å²) >= 11 is 0. The summed E-state index contributed by atoms with van der Waals surface area (Å²) < 4.78 is 9.30. The molecule has 0 bridgehead atoms. The maximum Gasteiger partial charge on any atom is 0.157 e. The Balaban J connectivity index is 2.03. The van der Waals surface area contributed by atoms with Crippen LogP contribution < -0.4 is 4.74 Å². The summed E-state index contributed by atoms with van der Waals surface area (Å²) in [5, 5.41) is 8.19. The Labute approximate surface area is 116 Å². The van der Waals surface area contributed by atoms with Gasteiger partial charge in [0.25, 0.3) is 0 Å². The first-order valence-electron chi connectivity index (χ1n) is 6.27. The average Bonchev–Trinajstić information content (AvgIpc) is 3.11. The fourth-order valence-corrected chi connectivity index (χ4v) is 2.10. The van der Waals surface area contributed by atoms with Gasteiger partial charge in [-0.25, -0.2) is 4.98 Å². The minimum atomic E-state index is 0.608. The molecule has 0 unspecified atom stereocenters. The second kappa shape index (κ2) is 5.16. The summed E-state index contributed by atoms with van der Waals surface area (Å²) in [5.41, 5.74) is 2.09. The van der Waals surface area contributed by atoms with Crippen molar-refractivity contribution < 1.29 is 4.74 Å². The molecule has 2 aromatic heterocycles. The molecule has 6 heteroatoms. The summed E-state index contributed by atoms with van der Waals surface area (Å²) in [4.78, 5) is 4.03. The molecule has 0 saturated heterocycles. The number of nitrogens with zero attached hydrogens (tertiary/aromatic N) is 5. The zero-order valence-electron chi connectivity index (χ0n) is 11.4. The largest absolute Gasteiger partial charge is 0.495 e. The van der Waals surface area contributed by atoms with E-state index in [1.807, 2.05) is 34.4 Å². The van der Waals surface area contributed by atoms with Crippen molar-refractivity contribution in [1.82, 2.24) is 24.3 Å². The minimum absolute atomic E-state index is 0.608. The van der Waals surface area contributed by atoms with Gasteiger partial charge >= 0.3 is 0 Å². The first kappa shape index (κ1) is 12.4. The standard InChI is InChI=1S/C14H15N5O/c1-11-3-4-13(20-2)12(7-11)19-10-16-17-14(19)8-18-6-5-15-9-18/h3-7,9-10H,8H2,1-2H3. The summed E-state index contributed by atoms with van der Waals surface area (Å²) in [6, 6.07) is 6.02. The van der Waals surface area contributed by atoms with Crippen LogP contribution in [0.25, 0.3) is 5.69 Å². The first-order chi connectivity index (χ1) is 9.78. The van der Waals surface area contributed by atoms with Gasteiger partial charge in [-0.15, -0.1) is 10.2 Å². The van der Waals surface area contributed by atoms with Crippen molar-refractivity contribution in [3.63, 3.8) is 0 Å². The third-order valence-corrected chi connectivity index (χ3v) is 3.10. The van der Waals surface area contributed by atoms with Crippen molar-refractivity contribution in [2.24, 2.45) is 0 Å². The van der Waals surface area contributed by atoms with Gasteiger partial charge in [-0.3, -0.25) is 4.57 Å². The second-order valence-electron chi connectivity index (χ2n) is 4.53. The molecular formula is C14H15N5O. The second-order valence-corrected chi connectivity index (χ2v) is 4.53. The molecule has 3 rings (SSSR count). The Kier molecular flexibility index (Phi) is 3.20. The Bertz CT molecular complexity index is 702. The molecule has 1 aromatic carbocycles. The predicted octanol–water partition coefficient (Wildman–Crippen LogP) is 1.83. The molecule has 3 aromatic rings. The number of aryl methyl sites for hydroxylation is 1. The lowest BCUT2D eigenvalue weighted by Gasteiger charge is -2.12. The average molecular weight is 269 g/mol. The highest BCUT2D eigenvalue weighted by Crippen LogP contribution is 2.24. The lowest BCUT2D eigenvalue weighted by atomic mass is 10.2. The maximum atomic E-state index is 5.42. The fourth-order valence-electron chi connectivity index (χ4n) is 2.10. The van der Waals surface area contributed by atoms with Gasteiger partial charge in [0, 0.05) is 12.4 Å². The number of rotatable bonds is 4. The molecule has 0 fully saturated rings. The molecule has 0 N–H and O–H groups in total. The van der Waals surface area contributed by atoms with Crippen LogP contribution in [-0.2, 0) is 6.54 Å². The number of aromatic nitrogens is 5. The SMILES string of the molecule is COc1ccc(C)cc1-n1cnnc1Cn1ccnc1. The van der Waals surface area contributed by atoms with E-state index in [0.717, 1.165) is 22.8 Å². The Morgan fingerprint density at radius 2 is 2.15 bits per heavy atom. The van der Waals surface area contributed by atoms with Crippen LogP contribution in [-0.4, -0.2) is 31.4 Å². The van der Waals surface area contributed by atoms with Gasteiger partial charge in [0.05, 0.1) is 25.7 Å². The number of ether oxygens (including phenoxy) is 1. The predicted molar refractivity (Wildman–Crippen MR) is 74.0 cm³/mol. The number of imidazole rings is 1. The molecular weight excluding hydrogens is 254 g/mol. The van der Waals surface area contributed by atoms with Crippen LogP contribution in [0.5, 0.6) is 5.75 Å². The molecule has 102 valence electrons. The van der Waals surface area contributed by atoms with E-state index in [9.17, 15) is 0 Å². The van der Waals surface area contributed by atoms with Crippen LogP contribution in [0.3, 0.4) is 0 Å². The summed E-state index contributed by atoms with van der Waals surface area (Å²) in [7, 11) is 1.66. The molecule has 0 saturated carbocycles. The van der Waals surface area contributed by atoms with Crippen LogP contribution in [0, 0.1) is 6.92 Å². The van der Waals surface area contributed by atoms with Crippen LogP contribution in [0.4, 0.5) is 0 Å². The number of benzene rings is 1. The van der Waals surface area contributed by atoms with E-state index in [-0.39, 0.29) is 0 Å². The minimum Gasteiger partial charge on any atom is -0.495 e. The number of hydrogen-bond donors (Lipinski definition) is 0. The molecule has 20 heavy (non-hydrogen) atoms. The van der Waals surface area contributed by atoms with Gasteiger partial charge in [0.2, 0.25) is 0 Å². The molecule has 2 heterocycles. The summed E-state index contributed by atoms with van der Waals surface area (Å²) in [5.74, 6) is 1.62. The maximum absolute atomic E-state index is 5.42. The van der Waals surface area contributed by atoms with Gasteiger partial charge in [-0.05, 0) is 24.6 Å². The van der Waals surface area contributed by atoms with Gasteiger partial charge in [0.1, 0.15) is 12.1 Å². The van der Waals surface area contributed by atoms with E-state index in [0.29, 0.717) is 6.54 Å². The lowest BCUT2D eigenvalue weighted by molar-refractivity contribution is 0.412. The topological polar surface area (TPSA) is 57.8 Å². The smallest absolute Gasteiger partial charge is 0.157 e. The molecule has 6 nitrogen and oxygen atoms in total. The third kappa shape index (κ3) is 2.27. The van der Waals surface area contributed by atoms with Crippen molar-refractivity contribution in [2.45, 2.75) is 13.5 Å². The highest BCUT2D eigenvalue weighted by atomic mass is 16.5. The third-order valence-electron chi connectivity index (χ3n) is 3.10. The van der Waals surface area contributed by atoms with E-state index >= 15 is 0 Å². The van der Waals surface area contributed by atoms with Crippen molar-refractivity contribution in [1.29, 1.82) is 0 Å². The number of hydrogen-bond acceptors (Lipinski definition) is 4. The summed E-state index contributed by atoms with van der Waals surface area (Å²) in [6.45, 7) is 2.65. The van der Waals surface area contributed by atoms with E-state index in [4.69, 9.17) is 4.74 Å². The Morgan fingerprint density at radius 1 is 1.25 bits per heavy atom.